The summed E-state index contributed by atoms with van der Waals surface area (Å²) in [6.07, 6.45) is 6.72. The quantitative estimate of drug-likeness (QED) is 0.852. The Balaban J connectivity index is 1.90. The van der Waals surface area contributed by atoms with Crippen LogP contribution in [-0.2, 0) is 4.79 Å². The number of likely N-dealkylation sites (tertiary alicyclic amines) is 1. The van der Waals surface area contributed by atoms with Crippen LogP contribution in [0.15, 0.2) is 16.9 Å². The van der Waals surface area contributed by atoms with Crippen molar-refractivity contribution in [2.75, 3.05) is 13.1 Å². The molecule has 19 heavy (non-hydrogen) atoms. The fourth-order valence-corrected chi connectivity index (χ4v) is 2.35. The van der Waals surface area contributed by atoms with E-state index in [2.05, 4.69) is 25.9 Å². The van der Waals surface area contributed by atoms with Gasteiger partial charge in [0.15, 0.2) is 0 Å². The van der Waals surface area contributed by atoms with Crippen LogP contribution in [0.1, 0.15) is 32.6 Å². The van der Waals surface area contributed by atoms with Crippen molar-refractivity contribution in [2.45, 2.75) is 38.7 Å². The van der Waals surface area contributed by atoms with Gasteiger partial charge in [-0.15, -0.1) is 0 Å². The largest absolute Gasteiger partial charge is 0.458 e. The molecule has 1 aliphatic heterocycles. The summed E-state index contributed by atoms with van der Waals surface area (Å²) in [5.74, 6) is 0.215. The third-order valence-electron chi connectivity index (χ3n) is 3.06. The standard InChI is InChI=1S/C13H18BrN3O2/c1-2-4-12(18)17-6-3-5-11(9-17)19-13-15-7-10(14)8-16-13/h7-8,11H,2-6,9H2,1H3. The van der Waals surface area contributed by atoms with Crippen LogP contribution < -0.4 is 4.74 Å². The summed E-state index contributed by atoms with van der Waals surface area (Å²) in [4.78, 5) is 21.9. The number of halogens is 1. The summed E-state index contributed by atoms with van der Waals surface area (Å²) in [7, 11) is 0. The normalized spacial score (nSPS) is 19.3. The van der Waals surface area contributed by atoms with Gasteiger partial charge in [-0.05, 0) is 35.2 Å². The lowest BCUT2D eigenvalue weighted by Gasteiger charge is -2.32. The van der Waals surface area contributed by atoms with Crippen molar-refractivity contribution >= 4 is 21.8 Å². The lowest BCUT2D eigenvalue weighted by molar-refractivity contribution is -0.133. The van der Waals surface area contributed by atoms with Crippen LogP contribution in [-0.4, -0.2) is 40.0 Å². The molecule has 0 aromatic carbocycles. The monoisotopic (exact) mass is 327 g/mol. The van der Waals surface area contributed by atoms with Gasteiger partial charge in [0, 0.05) is 25.4 Å². The van der Waals surface area contributed by atoms with Crippen LogP contribution in [0.25, 0.3) is 0 Å². The number of ether oxygens (including phenoxy) is 1. The molecule has 1 aromatic rings. The van der Waals surface area contributed by atoms with Crippen molar-refractivity contribution in [3.8, 4) is 6.01 Å². The Hall–Kier alpha value is -1.17. The zero-order chi connectivity index (χ0) is 13.7. The van der Waals surface area contributed by atoms with Gasteiger partial charge >= 0.3 is 6.01 Å². The zero-order valence-corrected chi connectivity index (χ0v) is 12.6. The van der Waals surface area contributed by atoms with Crippen LogP contribution in [0.5, 0.6) is 6.01 Å². The highest BCUT2D eigenvalue weighted by molar-refractivity contribution is 9.10. The molecule has 2 rings (SSSR count). The number of hydrogen-bond acceptors (Lipinski definition) is 4. The number of aromatic nitrogens is 2. The molecule has 0 bridgehead atoms. The Morgan fingerprint density at radius 2 is 2.26 bits per heavy atom. The minimum atomic E-state index is -0.00395. The first-order valence-corrected chi connectivity index (χ1v) is 7.40. The SMILES string of the molecule is CCCC(=O)N1CCCC(Oc2ncc(Br)cn2)C1. The van der Waals surface area contributed by atoms with Gasteiger partial charge in [-0.3, -0.25) is 4.79 Å². The van der Waals surface area contributed by atoms with Crippen molar-refractivity contribution in [3.63, 3.8) is 0 Å². The number of piperidine rings is 1. The lowest BCUT2D eigenvalue weighted by Crippen LogP contribution is -2.44. The molecule has 1 saturated heterocycles. The number of amides is 1. The predicted molar refractivity (Wildman–Crippen MR) is 74.9 cm³/mol. The molecule has 6 heteroatoms. The second-order valence-corrected chi connectivity index (χ2v) is 5.57. The van der Waals surface area contributed by atoms with E-state index >= 15 is 0 Å². The van der Waals surface area contributed by atoms with Gasteiger partial charge in [0.1, 0.15) is 6.10 Å². The molecule has 1 aromatic heterocycles. The number of nitrogens with zero attached hydrogens (tertiary/aromatic N) is 3. The lowest BCUT2D eigenvalue weighted by atomic mass is 10.1. The molecule has 0 aliphatic carbocycles. The molecule has 0 saturated carbocycles. The molecule has 1 unspecified atom stereocenters. The smallest absolute Gasteiger partial charge is 0.316 e. The molecule has 1 atom stereocenters. The van der Waals surface area contributed by atoms with Crippen LogP contribution in [0, 0.1) is 0 Å². The van der Waals surface area contributed by atoms with Gasteiger partial charge < -0.3 is 9.64 Å². The van der Waals surface area contributed by atoms with Crippen molar-refractivity contribution < 1.29 is 9.53 Å². The van der Waals surface area contributed by atoms with Crippen molar-refractivity contribution in [1.29, 1.82) is 0 Å². The van der Waals surface area contributed by atoms with E-state index in [1.54, 1.807) is 12.4 Å². The minimum absolute atomic E-state index is 0.00395. The van der Waals surface area contributed by atoms with Gasteiger partial charge in [0.25, 0.3) is 0 Å². The van der Waals surface area contributed by atoms with Gasteiger partial charge in [-0.25, -0.2) is 9.97 Å². The first-order valence-electron chi connectivity index (χ1n) is 6.61. The third kappa shape index (κ3) is 4.16. The van der Waals surface area contributed by atoms with Gasteiger partial charge in [0.05, 0.1) is 11.0 Å². The highest BCUT2D eigenvalue weighted by Gasteiger charge is 2.24. The van der Waals surface area contributed by atoms with E-state index in [1.807, 2.05) is 11.8 Å². The number of carbonyl (C=O) groups excluding carboxylic acids is 1. The summed E-state index contributed by atoms with van der Waals surface area (Å²) >= 11 is 3.28. The average molecular weight is 328 g/mol. The average Bonchev–Trinajstić information content (AvgIpc) is 2.42. The molecule has 1 fully saturated rings. The molecule has 0 radical (unpaired) electrons. The van der Waals surface area contributed by atoms with Gasteiger partial charge in [0.2, 0.25) is 5.91 Å². The van der Waals surface area contributed by atoms with E-state index in [-0.39, 0.29) is 12.0 Å². The van der Waals surface area contributed by atoms with E-state index in [1.165, 1.54) is 0 Å². The van der Waals surface area contributed by atoms with Crippen LogP contribution in [0.3, 0.4) is 0 Å². The summed E-state index contributed by atoms with van der Waals surface area (Å²) in [6, 6.07) is 0.373. The van der Waals surface area contributed by atoms with E-state index in [0.717, 1.165) is 30.3 Å². The van der Waals surface area contributed by atoms with Crippen LogP contribution in [0.4, 0.5) is 0 Å². The van der Waals surface area contributed by atoms with E-state index in [4.69, 9.17) is 4.74 Å². The number of rotatable bonds is 4. The van der Waals surface area contributed by atoms with Crippen LogP contribution >= 0.6 is 15.9 Å². The van der Waals surface area contributed by atoms with E-state index in [0.29, 0.717) is 19.0 Å². The fourth-order valence-electron chi connectivity index (χ4n) is 2.14. The molecule has 104 valence electrons. The molecular weight excluding hydrogens is 310 g/mol. The van der Waals surface area contributed by atoms with E-state index in [9.17, 15) is 4.79 Å². The summed E-state index contributed by atoms with van der Waals surface area (Å²) in [5, 5.41) is 0. The Morgan fingerprint density at radius 1 is 1.53 bits per heavy atom. The summed E-state index contributed by atoms with van der Waals surface area (Å²) in [6.45, 7) is 3.49. The first kappa shape index (κ1) is 14.2. The number of hydrogen-bond donors (Lipinski definition) is 0. The molecule has 1 amide bonds. The van der Waals surface area contributed by atoms with E-state index < -0.39 is 0 Å². The Bertz CT molecular complexity index is 424. The number of carbonyl (C=O) groups is 1. The maximum absolute atomic E-state index is 11.9. The second-order valence-electron chi connectivity index (χ2n) is 4.66. The zero-order valence-electron chi connectivity index (χ0n) is 11.0. The highest BCUT2D eigenvalue weighted by atomic mass is 79.9. The van der Waals surface area contributed by atoms with Crippen molar-refractivity contribution in [1.82, 2.24) is 14.9 Å². The van der Waals surface area contributed by atoms with Crippen molar-refractivity contribution in [2.24, 2.45) is 0 Å². The highest BCUT2D eigenvalue weighted by Crippen LogP contribution is 2.17. The minimum Gasteiger partial charge on any atom is -0.458 e. The molecule has 0 spiro atoms. The summed E-state index contributed by atoms with van der Waals surface area (Å²) < 4.78 is 6.55. The predicted octanol–water partition coefficient (Wildman–Crippen LogP) is 2.41. The molecule has 1 aliphatic rings. The third-order valence-corrected chi connectivity index (χ3v) is 3.47. The van der Waals surface area contributed by atoms with Crippen LogP contribution in [0.2, 0.25) is 0 Å². The maximum atomic E-state index is 11.9. The summed E-state index contributed by atoms with van der Waals surface area (Å²) in [5.41, 5.74) is 0. The molecular formula is C13H18BrN3O2. The second kappa shape index (κ2) is 6.84. The fraction of sp³-hybridized carbons (Fsp3) is 0.615. The Kier molecular flexibility index (Phi) is 5.13. The maximum Gasteiger partial charge on any atom is 0.316 e. The topological polar surface area (TPSA) is 55.3 Å². The Labute approximate surface area is 121 Å². The molecule has 2 heterocycles. The molecule has 0 N–H and O–H groups in total. The molecule has 5 nitrogen and oxygen atoms in total. The Morgan fingerprint density at radius 3 is 2.95 bits per heavy atom. The van der Waals surface area contributed by atoms with Gasteiger partial charge in [-0.1, -0.05) is 6.92 Å². The van der Waals surface area contributed by atoms with Crippen molar-refractivity contribution in [3.05, 3.63) is 16.9 Å². The van der Waals surface area contributed by atoms with Gasteiger partial charge in [-0.2, -0.15) is 0 Å². The first-order chi connectivity index (χ1) is 9.19.